The Labute approximate surface area is 326 Å². The lowest BCUT2D eigenvalue weighted by Crippen LogP contribution is -2.60. The number of fused-ring (bicyclic) bond motifs is 4. The Balaban J connectivity index is 1.12. The van der Waals surface area contributed by atoms with Crippen molar-refractivity contribution in [2.24, 2.45) is 5.41 Å². The maximum atomic E-state index is 17.5. The zero-order chi connectivity index (χ0) is 37.7. The van der Waals surface area contributed by atoms with Gasteiger partial charge in [0.1, 0.15) is 17.1 Å². The lowest BCUT2D eigenvalue weighted by Gasteiger charge is -2.50. The van der Waals surface area contributed by atoms with Crippen LogP contribution in [0.15, 0.2) is 84.9 Å². The molecule has 4 heterocycles. The van der Waals surface area contributed by atoms with Gasteiger partial charge in [0, 0.05) is 73.8 Å². The maximum absolute atomic E-state index is 17.5. The van der Waals surface area contributed by atoms with Crippen LogP contribution in [0.4, 0.5) is 10.2 Å². The van der Waals surface area contributed by atoms with Crippen molar-refractivity contribution >= 4 is 39.1 Å². The van der Waals surface area contributed by atoms with Crippen LogP contribution in [-0.4, -0.2) is 98.3 Å². The van der Waals surface area contributed by atoms with Gasteiger partial charge >= 0.3 is 6.01 Å². The molecule has 3 fully saturated rings. The van der Waals surface area contributed by atoms with E-state index < -0.39 is 5.82 Å². The third-order valence-electron chi connectivity index (χ3n) is 11.9. The van der Waals surface area contributed by atoms with Gasteiger partial charge in [0.15, 0.2) is 12.6 Å². The average Bonchev–Trinajstić information content (AvgIpc) is 3.91. The standard InChI is InChI=1S/C44H47ClFN5O4/c1-43(2,30-10-5-4-6-11-30)51-31-13-14-32(51)25-50(24-31)41-36-23-37(45)38(35-22-33(55-28-52-3)21-29-9-7-8-12-34(29)35)39(46)40(36)47-42(48-41)54-27-44(15-16-44)26-49-17-19-53-20-18-49/h4-14,21-23,31-32H,15-20,24-28H2,1-3H3. The third kappa shape index (κ3) is 6.93. The van der Waals surface area contributed by atoms with E-state index in [9.17, 15) is 0 Å². The van der Waals surface area contributed by atoms with Gasteiger partial charge in [0.25, 0.3) is 0 Å². The third-order valence-corrected chi connectivity index (χ3v) is 12.2. The van der Waals surface area contributed by atoms with Gasteiger partial charge in [0.2, 0.25) is 0 Å². The normalized spacial score (nSPS) is 21.1. The molecule has 5 aromatic rings. The summed E-state index contributed by atoms with van der Waals surface area (Å²) >= 11 is 7.15. The van der Waals surface area contributed by atoms with Crippen LogP contribution in [0, 0.1) is 11.2 Å². The molecule has 0 radical (unpaired) electrons. The highest BCUT2D eigenvalue weighted by atomic mass is 35.5. The van der Waals surface area contributed by atoms with E-state index in [4.69, 9.17) is 40.5 Å². The first-order chi connectivity index (χ1) is 26.7. The number of rotatable bonds is 12. The van der Waals surface area contributed by atoms with Crippen LogP contribution in [0.2, 0.25) is 5.02 Å². The summed E-state index contributed by atoms with van der Waals surface area (Å²) in [6, 6.07) is 24.4. The predicted octanol–water partition coefficient (Wildman–Crippen LogP) is 8.08. The molecule has 2 saturated heterocycles. The highest BCUT2D eigenvalue weighted by Gasteiger charge is 2.47. The Morgan fingerprint density at radius 3 is 2.36 bits per heavy atom. The van der Waals surface area contributed by atoms with E-state index in [0.717, 1.165) is 56.5 Å². The molecule has 9 nitrogen and oxygen atoms in total. The van der Waals surface area contributed by atoms with E-state index in [2.05, 4.69) is 71.0 Å². The second-order valence-corrected chi connectivity index (χ2v) is 16.4. The summed E-state index contributed by atoms with van der Waals surface area (Å²) in [6.45, 7) is 10.7. The van der Waals surface area contributed by atoms with E-state index >= 15 is 4.39 Å². The molecule has 0 spiro atoms. The van der Waals surface area contributed by atoms with Gasteiger partial charge in [-0.3, -0.25) is 9.80 Å². The summed E-state index contributed by atoms with van der Waals surface area (Å²) in [5.74, 6) is 0.653. The van der Waals surface area contributed by atoms with Crippen molar-refractivity contribution < 1.29 is 23.3 Å². The molecule has 4 aromatic carbocycles. The summed E-state index contributed by atoms with van der Waals surface area (Å²) in [5.41, 5.74) is 2.13. The molecule has 4 aliphatic rings. The molecule has 11 heteroatoms. The number of hydrogen-bond donors (Lipinski definition) is 0. The van der Waals surface area contributed by atoms with Crippen molar-refractivity contribution in [3.63, 3.8) is 0 Å². The fourth-order valence-electron chi connectivity index (χ4n) is 8.90. The Kier molecular flexibility index (Phi) is 9.67. The maximum Gasteiger partial charge on any atom is 0.319 e. The zero-order valence-corrected chi connectivity index (χ0v) is 32.4. The van der Waals surface area contributed by atoms with Crippen LogP contribution in [0.25, 0.3) is 32.8 Å². The number of ether oxygens (including phenoxy) is 4. The minimum absolute atomic E-state index is 0.0265. The minimum atomic E-state index is -0.524. The second-order valence-electron chi connectivity index (χ2n) is 16.0. The topological polar surface area (TPSA) is 72.4 Å². The van der Waals surface area contributed by atoms with Crippen LogP contribution >= 0.6 is 11.6 Å². The van der Waals surface area contributed by atoms with Crippen molar-refractivity contribution in [3.05, 3.63) is 101 Å². The molecule has 2 unspecified atom stereocenters. The molecule has 9 rings (SSSR count). The largest absolute Gasteiger partial charge is 0.468 e. The molecule has 1 aromatic heterocycles. The van der Waals surface area contributed by atoms with E-state index in [1.165, 1.54) is 5.56 Å². The predicted molar refractivity (Wildman–Crippen MR) is 215 cm³/mol. The number of halogens is 2. The first-order valence-electron chi connectivity index (χ1n) is 19.3. The van der Waals surface area contributed by atoms with Crippen LogP contribution < -0.4 is 14.4 Å². The van der Waals surface area contributed by atoms with Crippen molar-refractivity contribution in [3.8, 4) is 22.9 Å². The van der Waals surface area contributed by atoms with Crippen LogP contribution in [-0.2, 0) is 15.0 Å². The summed E-state index contributed by atoms with van der Waals surface area (Å²) in [7, 11) is 1.57. The van der Waals surface area contributed by atoms with E-state index in [1.54, 1.807) is 7.11 Å². The fraction of sp³-hybridized carbons (Fsp3) is 0.409. The lowest BCUT2D eigenvalue weighted by molar-refractivity contribution is 0.0231. The molecule has 1 saturated carbocycles. The molecule has 2 bridgehead atoms. The van der Waals surface area contributed by atoms with Gasteiger partial charge in [-0.15, -0.1) is 0 Å². The van der Waals surface area contributed by atoms with E-state index in [-0.39, 0.29) is 51.9 Å². The number of morpholine rings is 1. The molecule has 2 atom stereocenters. The molecule has 0 N–H and O–H groups in total. The molecule has 0 amide bonds. The quantitative estimate of drug-likeness (QED) is 0.0927. The summed E-state index contributed by atoms with van der Waals surface area (Å²) in [4.78, 5) is 17.2. The Hall–Kier alpha value is -4.32. The summed E-state index contributed by atoms with van der Waals surface area (Å²) in [6.07, 6.45) is 6.74. The van der Waals surface area contributed by atoms with Gasteiger partial charge < -0.3 is 23.8 Å². The van der Waals surface area contributed by atoms with Gasteiger partial charge in [-0.2, -0.15) is 9.97 Å². The van der Waals surface area contributed by atoms with Crippen LogP contribution in [0.3, 0.4) is 0 Å². The summed E-state index contributed by atoms with van der Waals surface area (Å²) in [5, 5.41) is 2.56. The average molecular weight is 764 g/mol. The molecule has 1 aliphatic carbocycles. The van der Waals surface area contributed by atoms with E-state index in [1.807, 2.05) is 42.5 Å². The number of hydrogen-bond acceptors (Lipinski definition) is 9. The number of benzene rings is 4. The Morgan fingerprint density at radius 1 is 0.909 bits per heavy atom. The number of anilines is 1. The number of piperazine rings is 1. The molecule has 286 valence electrons. The van der Waals surface area contributed by atoms with Crippen molar-refractivity contribution in [1.82, 2.24) is 19.8 Å². The molecular formula is C44H47ClFN5O4. The van der Waals surface area contributed by atoms with Crippen LogP contribution in [0.5, 0.6) is 11.8 Å². The van der Waals surface area contributed by atoms with Crippen molar-refractivity contribution in [1.29, 1.82) is 0 Å². The zero-order valence-electron chi connectivity index (χ0n) is 31.6. The fourth-order valence-corrected chi connectivity index (χ4v) is 9.19. The van der Waals surface area contributed by atoms with Gasteiger partial charge in [-0.1, -0.05) is 78.4 Å². The van der Waals surface area contributed by atoms with Crippen molar-refractivity contribution in [2.45, 2.75) is 44.3 Å². The summed E-state index contributed by atoms with van der Waals surface area (Å²) < 4.78 is 40.6. The SMILES string of the molecule is COCOc1cc(-c2c(Cl)cc3c(N4CC5C=CC(C4)N5C(C)(C)c4ccccc4)nc(OCC4(CN5CCOCC5)CC4)nc3c2F)c2ccccc2c1. The number of nitrogens with zero attached hydrogens (tertiary/aromatic N) is 5. The second kappa shape index (κ2) is 14.6. The Bertz CT molecular complexity index is 2230. The molecule has 3 aliphatic heterocycles. The van der Waals surface area contributed by atoms with Crippen LogP contribution in [0.1, 0.15) is 32.3 Å². The van der Waals surface area contributed by atoms with Gasteiger partial charge in [-0.05, 0) is 66.8 Å². The van der Waals surface area contributed by atoms with Gasteiger partial charge in [-0.25, -0.2) is 4.39 Å². The Morgan fingerprint density at radius 2 is 1.64 bits per heavy atom. The molecular weight excluding hydrogens is 717 g/mol. The highest BCUT2D eigenvalue weighted by molar-refractivity contribution is 6.35. The monoisotopic (exact) mass is 763 g/mol. The first-order valence-corrected chi connectivity index (χ1v) is 19.7. The lowest BCUT2D eigenvalue weighted by atomic mass is 9.89. The molecule has 55 heavy (non-hydrogen) atoms. The van der Waals surface area contributed by atoms with Crippen molar-refractivity contribution in [2.75, 3.05) is 71.3 Å². The smallest absolute Gasteiger partial charge is 0.319 e. The minimum Gasteiger partial charge on any atom is -0.468 e. The number of methoxy groups -OCH3 is 1. The number of aromatic nitrogens is 2. The van der Waals surface area contributed by atoms with Gasteiger partial charge in [0.05, 0.1) is 24.8 Å². The van der Waals surface area contributed by atoms with E-state index in [0.29, 0.717) is 42.2 Å². The first kappa shape index (κ1) is 36.3. The highest BCUT2D eigenvalue weighted by Crippen LogP contribution is 2.48.